The summed E-state index contributed by atoms with van der Waals surface area (Å²) in [6.45, 7) is 2.08. The molecule has 1 heterocycles. The van der Waals surface area contributed by atoms with E-state index in [1.54, 1.807) is 12.4 Å². The predicted molar refractivity (Wildman–Crippen MR) is 78.5 cm³/mol. The molecule has 1 atom stereocenters. The van der Waals surface area contributed by atoms with Crippen molar-refractivity contribution in [2.75, 3.05) is 5.32 Å². The van der Waals surface area contributed by atoms with E-state index < -0.39 is 0 Å². The van der Waals surface area contributed by atoms with Crippen LogP contribution in [0.4, 0.5) is 5.69 Å². The largest absolute Gasteiger partial charge is 0.356 e. The van der Waals surface area contributed by atoms with E-state index in [1.807, 2.05) is 30.3 Å². The summed E-state index contributed by atoms with van der Waals surface area (Å²) < 4.78 is 0. The number of hydrogen-bond donors (Lipinski definition) is 2. The highest BCUT2D eigenvalue weighted by Crippen LogP contribution is 2.11. The van der Waals surface area contributed by atoms with E-state index in [0.717, 1.165) is 5.69 Å². The molecule has 0 saturated carbocycles. The third-order valence-corrected chi connectivity index (χ3v) is 2.81. The maximum absolute atomic E-state index is 5.27. The zero-order valence-corrected chi connectivity index (χ0v) is 10.9. The van der Waals surface area contributed by atoms with Crippen LogP contribution in [0.25, 0.3) is 0 Å². The van der Waals surface area contributed by atoms with Crippen LogP contribution in [0.3, 0.4) is 0 Å². The maximum atomic E-state index is 5.27. The fourth-order valence-electron chi connectivity index (χ4n) is 1.62. The van der Waals surface area contributed by atoms with Crippen LogP contribution in [0.5, 0.6) is 0 Å². The summed E-state index contributed by atoms with van der Waals surface area (Å²) in [6, 6.07) is 14.1. The first-order chi connectivity index (χ1) is 8.75. The SMILES string of the molecule is C[C@H](NC(=S)Nc1ccncc1)c1ccccc1. The number of aromatic nitrogens is 1. The van der Waals surface area contributed by atoms with Gasteiger partial charge in [-0.3, -0.25) is 4.98 Å². The normalized spacial score (nSPS) is 11.6. The molecule has 0 bridgehead atoms. The molecule has 1 aromatic heterocycles. The molecule has 0 aliphatic rings. The highest BCUT2D eigenvalue weighted by molar-refractivity contribution is 7.80. The van der Waals surface area contributed by atoms with Crippen molar-refractivity contribution in [3.63, 3.8) is 0 Å². The van der Waals surface area contributed by atoms with Gasteiger partial charge in [0.2, 0.25) is 0 Å². The minimum atomic E-state index is 0.174. The molecule has 4 heteroatoms. The Morgan fingerprint density at radius 2 is 1.78 bits per heavy atom. The van der Waals surface area contributed by atoms with Gasteiger partial charge in [-0.1, -0.05) is 30.3 Å². The monoisotopic (exact) mass is 257 g/mol. The third kappa shape index (κ3) is 3.53. The first-order valence-electron chi connectivity index (χ1n) is 5.78. The van der Waals surface area contributed by atoms with Crippen molar-refractivity contribution in [2.45, 2.75) is 13.0 Å². The number of anilines is 1. The summed E-state index contributed by atoms with van der Waals surface area (Å²) in [6.07, 6.45) is 3.46. The van der Waals surface area contributed by atoms with Crippen molar-refractivity contribution in [3.8, 4) is 0 Å². The van der Waals surface area contributed by atoms with Gasteiger partial charge in [-0.25, -0.2) is 0 Å². The van der Waals surface area contributed by atoms with E-state index in [4.69, 9.17) is 12.2 Å². The van der Waals surface area contributed by atoms with E-state index >= 15 is 0 Å². The van der Waals surface area contributed by atoms with Crippen LogP contribution < -0.4 is 10.6 Å². The van der Waals surface area contributed by atoms with Gasteiger partial charge >= 0.3 is 0 Å². The average molecular weight is 257 g/mol. The number of hydrogen-bond acceptors (Lipinski definition) is 2. The highest BCUT2D eigenvalue weighted by Gasteiger charge is 2.06. The van der Waals surface area contributed by atoms with E-state index in [0.29, 0.717) is 5.11 Å². The second-order valence-electron chi connectivity index (χ2n) is 3.97. The van der Waals surface area contributed by atoms with Crippen LogP contribution in [-0.2, 0) is 0 Å². The van der Waals surface area contributed by atoms with Gasteiger partial charge in [0.25, 0.3) is 0 Å². The molecule has 18 heavy (non-hydrogen) atoms. The second-order valence-corrected chi connectivity index (χ2v) is 4.37. The first kappa shape index (κ1) is 12.5. The van der Waals surface area contributed by atoms with Crippen LogP contribution in [0.2, 0.25) is 0 Å². The molecule has 0 saturated heterocycles. The molecular weight excluding hydrogens is 242 g/mol. The van der Waals surface area contributed by atoms with Gasteiger partial charge in [0.15, 0.2) is 5.11 Å². The number of nitrogens with one attached hydrogen (secondary N) is 2. The van der Waals surface area contributed by atoms with Crippen molar-refractivity contribution in [3.05, 3.63) is 60.4 Å². The lowest BCUT2D eigenvalue weighted by molar-refractivity contribution is 0.722. The molecule has 0 amide bonds. The van der Waals surface area contributed by atoms with Crippen molar-refractivity contribution in [2.24, 2.45) is 0 Å². The first-order valence-corrected chi connectivity index (χ1v) is 6.19. The molecule has 0 spiro atoms. The minimum absolute atomic E-state index is 0.174. The van der Waals surface area contributed by atoms with Gasteiger partial charge in [0, 0.05) is 18.1 Å². The van der Waals surface area contributed by atoms with E-state index in [-0.39, 0.29) is 6.04 Å². The molecule has 92 valence electrons. The Labute approximate surface area is 112 Å². The summed E-state index contributed by atoms with van der Waals surface area (Å²) in [7, 11) is 0. The van der Waals surface area contributed by atoms with Gasteiger partial charge in [0.1, 0.15) is 0 Å². The Bertz CT molecular complexity index is 499. The molecule has 1 aromatic carbocycles. The molecule has 0 unspecified atom stereocenters. The fraction of sp³-hybridized carbons (Fsp3) is 0.143. The lowest BCUT2D eigenvalue weighted by Crippen LogP contribution is -2.30. The molecule has 2 rings (SSSR count). The highest BCUT2D eigenvalue weighted by atomic mass is 32.1. The number of pyridine rings is 1. The third-order valence-electron chi connectivity index (χ3n) is 2.59. The fourth-order valence-corrected chi connectivity index (χ4v) is 1.92. The molecule has 0 aliphatic carbocycles. The summed E-state index contributed by atoms with van der Waals surface area (Å²) in [5.41, 5.74) is 2.14. The van der Waals surface area contributed by atoms with Crippen LogP contribution >= 0.6 is 12.2 Å². The minimum Gasteiger partial charge on any atom is -0.356 e. The number of thiocarbonyl (C=S) groups is 1. The van der Waals surface area contributed by atoms with E-state index in [1.165, 1.54) is 5.56 Å². The van der Waals surface area contributed by atoms with Crippen LogP contribution in [0.15, 0.2) is 54.9 Å². The Morgan fingerprint density at radius 3 is 2.44 bits per heavy atom. The second kappa shape index (κ2) is 6.12. The summed E-state index contributed by atoms with van der Waals surface area (Å²) in [4.78, 5) is 3.96. The molecule has 3 nitrogen and oxygen atoms in total. The van der Waals surface area contributed by atoms with Gasteiger partial charge in [-0.2, -0.15) is 0 Å². The van der Waals surface area contributed by atoms with Crippen molar-refractivity contribution < 1.29 is 0 Å². The van der Waals surface area contributed by atoms with Gasteiger partial charge in [-0.05, 0) is 36.8 Å². The standard InChI is InChI=1S/C14H15N3S/c1-11(12-5-3-2-4-6-12)16-14(18)17-13-7-9-15-10-8-13/h2-11H,1H3,(H2,15,16,17,18)/t11-/m0/s1. The molecule has 2 N–H and O–H groups in total. The zero-order chi connectivity index (χ0) is 12.8. The molecule has 0 aliphatic heterocycles. The smallest absolute Gasteiger partial charge is 0.171 e. The quantitative estimate of drug-likeness (QED) is 0.828. The molecule has 0 radical (unpaired) electrons. The Morgan fingerprint density at radius 1 is 1.11 bits per heavy atom. The van der Waals surface area contributed by atoms with Crippen molar-refractivity contribution in [1.29, 1.82) is 0 Å². The number of nitrogens with zero attached hydrogens (tertiary/aromatic N) is 1. The maximum Gasteiger partial charge on any atom is 0.171 e. The van der Waals surface area contributed by atoms with E-state index in [2.05, 4.69) is 34.7 Å². The number of rotatable bonds is 3. The summed E-state index contributed by atoms with van der Waals surface area (Å²) in [5.74, 6) is 0. The van der Waals surface area contributed by atoms with Crippen molar-refractivity contribution in [1.82, 2.24) is 10.3 Å². The van der Waals surface area contributed by atoms with Crippen LogP contribution in [0.1, 0.15) is 18.5 Å². The Kier molecular flexibility index (Phi) is 4.25. The molecule has 0 fully saturated rings. The zero-order valence-electron chi connectivity index (χ0n) is 10.1. The lowest BCUT2D eigenvalue weighted by atomic mass is 10.1. The van der Waals surface area contributed by atoms with Crippen molar-refractivity contribution >= 4 is 23.0 Å². The van der Waals surface area contributed by atoms with E-state index in [9.17, 15) is 0 Å². The predicted octanol–water partition coefficient (Wildman–Crippen LogP) is 3.13. The molecular formula is C14H15N3S. The number of benzene rings is 1. The Balaban J connectivity index is 1.92. The lowest BCUT2D eigenvalue weighted by Gasteiger charge is -2.17. The average Bonchev–Trinajstić information content (AvgIpc) is 2.40. The van der Waals surface area contributed by atoms with Gasteiger partial charge < -0.3 is 10.6 Å². The van der Waals surface area contributed by atoms with Gasteiger partial charge in [0.05, 0.1) is 6.04 Å². The topological polar surface area (TPSA) is 37.0 Å². The van der Waals surface area contributed by atoms with Gasteiger partial charge in [-0.15, -0.1) is 0 Å². The summed E-state index contributed by atoms with van der Waals surface area (Å²) >= 11 is 5.27. The van der Waals surface area contributed by atoms with Crippen LogP contribution in [-0.4, -0.2) is 10.1 Å². The Hall–Kier alpha value is -1.94. The summed E-state index contributed by atoms with van der Waals surface area (Å²) in [5, 5.41) is 6.98. The van der Waals surface area contributed by atoms with Crippen LogP contribution in [0, 0.1) is 0 Å². The molecule has 2 aromatic rings.